The van der Waals surface area contributed by atoms with Crippen molar-refractivity contribution in [3.05, 3.63) is 28.8 Å². The number of hydrogen-bond donors (Lipinski definition) is 2. The summed E-state index contributed by atoms with van der Waals surface area (Å²) in [6.45, 7) is 5.11. The third kappa shape index (κ3) is 4.12. The third-order valence-electron chi connectivity index (χ3n) is 5.08. The van der Waals surface area contributed by atoms with E-state index in [2.05, 4.69) is 10.6 Å². The SMILES string of the molecule is Cc1cc2c(cc1C)OC(C(=O)NCC(N1CCNCC1)C(F)(F)F)C2. The van der Waals surface area contributed by atoms with Crippen molar-refractivity contribution in [2.45, 2.75) is 38.6 Å². The van der Waals surface area contributed by atoms with Crippen molar-refractivity contribution < 1.29 is 22.7 Å². The number of benzene rings is 1. The van der Waals surface area contributed by atoms with Gasteiger partial charge in [-0.25, -0.2) is 0 Å². The molecule has 5 nitrogen and oxygen atoms in total. The number of carbonyl (C=O) groups is 1. The minimum atomic E-state index is -4.39. The predicted molar refractivity (Wildman–Crippen MR) is 91.3 cm³/mol. The number of fused-ring (bicyclic) bond motifs is 1. The van der Waals surface area contributed by atoms with Crippen LogP contribution in [0.5, 0.6) is 5.75 Å². The fourth-order valence-electron chi connectivity index (χ4n) is 3.42. The molecule has 0 spiro atoms. The van der Waals surface area contributed by atoms with Gasteiger partial charge in [0.1, 0.15) is 11.8 Å². The van der Waals surface area contributed by atoms with Crippen molar-refractivity contribution in [1.29, 1.82) is 0 Å². The molecule has 1 amide bonds. The Labute approximate surface area is 150 Å². The Morgan fingerprint density at radius 3 is 2.62 bits per heavy atom. The molecular weight excluding hydrogens is 347 g/mol. The van der Waals surface area contributed by atoms with Gasteiger partial charge in [0, 0.05) is 39.1 Å². The Balaban J connectivity index is 1.60. The van der Waals surface area contributed by atoms with Crippen LogP contribution in [0.15, 0.2) is 12.1 Å². The lowest BCUT2D eigenvalue weighted by Crippen LogP contribution is -2.58. The lowest BCUT2D eigenvalue weighted by atomic mass is 10.0. The molecule has 0 bridgehead atoms. The summed E-state index contributed by atoms with van der Waals surface area (Å²) in [5.74, 6) is 0.142. The topological polar surface area (TPSA) is 53.6 Å². The molecule has 8 heteroatoms. The number of aryl methyl sites for hydroxylation is 2. The highest BCUT2D eigenvalue weighted by atomic mass is 19.4. The van der Waals surface area contributed by atoms with E-state index in [0.717, 1.165) is 16.7 Å². The first-order valence-electron chi connectivity index (χ1n) is 8.81. The van der Waals surface area contributed by atoms with Gasteiger partial charge in [0.2, 0.25) is 0 Å². The molecule has 0 radical (unpaired) electrons. The van der Waals surface area contributed by atoms with Crippen LogP contribution < -0.4 is 15.4 Å². The molecule has 3 rings (SSSR count). The standard InChI is InChI=1S/C18H24F3N3O2/c1-11-7-13-9-15(26-14(13)8-12(11)2)17(25)23-10-16(18(19,20)21)24-5-3-22-4-6-24/h7-8,15-16,22H,3-6,9-10H2,1-2H3,(H,23,25). The smallest absolute Gasteiger partial charge is 0.405 e. The number of rotatable bonds is 4. The lowest BCUT2D eigenvalue weighted by molar-refractivity contribution is -0.184. The normalized spacial score (nSPS) is 21.8. The predicted octanol–water partition coefficient (Wildman–Crippen LogP) is 1.56. The first-order chi connectivity index (χ1) is 12.3. The first kappa shape index (κ1) is 19.0. The summed E-state index contributed by atoms with van der Waals surface area (Å²) in [5, 5.41) is 5.48. The van der Waals surface area contributed by atoms with Gasteiger partial charge in [-0.3, -0.25) is 9.69 Å². The van der Waals surface area contributed by atoms with Gasteiger partial charge in [0.25, 0.3) is 5.91 Å². The minimum Gasteiger partial charge on any atom is -0.480 e. The lowest BCUT2D eigenvalue weighted by Gasteiger charge is -2.36. The maximum Gasteiger partial charge on any atom is 0.405 e. The Kier molecular flexibility index (Phi) is 5.43. The Morgan fingerprint density at radius 2 is 1.96 bits per heavy atom. The highest BCUT2D eigenvalue weighted by Gasteiger charge is 2.44. The Hall–Kier alpha value is -1.80. The molecule has 1 fully saturated rings. The van der Waals surface area contributed by atoms with Crippen LogP contribution in [0.1, 0.15) is 16.7 Å². The van der Waals surface area contributed by atoms with Gasteiger partial charge in [-0.05, 0) is 36.6 Å². The summed E-state index contributed by atoms with van der Waals surface area (Å²) < 4.78 is 45.8. The molecule has 0 saturated carbocycles. The highest BCUT2D eigenvalue weighted by molar-refractivity contribution is 5.82. The van der Waals surface area contributed by atoms with Crippen molar-refractivity contribution in [3.63, 3.8) is 0 Å². The molecule has 1 aromatic rings. The molecule has 0 aromatic heterocycles. The summed E-state index contributed by atoms with van der Waals surface area (Å²) >= 11 is 0. The van der Waals surface area contributed by atoms with E-state index in [4.69, 9.17) is 4.74 Å². The van der Waals surface area contributed by atoms with Gasteiger partial charge in [0.05, 0.1) is 0 Å². The average Bonchev–Trinajstić information content (AvgIpc) is 2.98. The maximum atomic E-state index is 13.4. The van der Waals surface area contributed by atoms with Crippen LogP contribution in [0.3, 0.4) is 0 Å². The second-order valence-electron chi connectivity index (χ2n) is 6.94. The molecule has 2 unspecified atom stereocenters. The molecule has 144 valence electrons. The monoisotopic (exact) mass is 371 g/mol. The fourth-order valence-corrected chi connectivity index (χ4v) is 3.42. The zero-order valence-corrected chi connectivity index (χ0v) is 14.9. The molecular formula is C18H24F3N3O2. The summed E-state index contributed by atoms with van der Waals surface area (Å²) in [5.41, 5.74) is 3.08. The van der Waals surface area contributed by atoms with Gasteiger partial charge >= 0.3 is 6.18 Å². The van der Waals surface area contributed by atoms with Crippen LogP contribution in [0.4, 0.5) is 13.2 Å². The van der Waals surface area contributed by atoms with Crippen LogP contribution in [0.25, 0.3) is 0 Å². The number of amides is 1. The minimum absolute atomic E-state index is 0.309. The second-order valence-corrected chi connectivity index (χ2v) is 6.94. The van der Waals surface area contributed by atoms with Gasteiger partial charge in [-0.15, -0.1) is 0 Å². The molecule has 2 heterocycles. The third-order valence-corrected chi connectivity index (χ3v) is 5.08. The van der Waals surface area contributed by atoms with Crippen molar-refractivity contribution >= 4 is 5.91 Å². The van der Waals surface area contributed by atoms with E-state index >= 15 is 0 Å². The van der Waals surface area contributed by atoms with Gasteiger partial charge < -0.3 is 15.4 Å². The van der Waals surface area contributed by atoms with E-state index in [-0.39, 0.29) is 0 Å². The maximum absolute atomic E-state index is 13.4. The quantitative estimate of drug-likeness (QED) is 0.844. The first-order valence-corrected chi connectivity index (χ1v) is 8.81. The zero-order chi connectivity index (χ0) is 18.9. The molecule has 2 aliphatic rings. The van der Waals surface area contributed by atoms with E-state index in [1.165, 1.54) is 4.90 Å². The molecule has 1 saturated heterocycles. The number of nitrogens with one attached hydrogen (secondary N) is 2. The fraction of sp³-hybridized carbons (Fsp3) is 0.611. The Bertz CT molecular complexity index is 641. The van der Waals surface area contributed by atoms with E-state index in [9.17, 15) is 18.0 Å². The summed E-state index contributed by atoms with van der Waals surface area (Å²) in [6.07, 6.45) is -4.78. The van der Waals surface area contributed by atoms with Gasteiger partial charge in [0.15, 0.2) is 6.10 Å². The van der Waals surface area contributed by atoms with Crippen LogP contribution in [-0.4, -0.2) is 61.9 Å². The summed E-state index contributed by atoms with van der Waals surface area (Å²) in [7, 11) is 0. The molecule has 2 atom stereocenters. The number of nitrogens with zero attached hydrogens (tertiary/aromatic N) is 1. The van der Waals surface area contributed by atoms with Crippen molar-refractivity contribution in [3.8, 4) is 5.75 Å². The van der Waals surface area contributed by atoms with Crippen LogP contribution >= 0.6 is 0 Å². The van der Waals surface area contributed by atoms with Crippen molar-refractivity contribution in [1.82, 2.24) is 15.5 Å². The van der Waals surface area contributed by atoms with E-state index in [1.54, 1.807) is 0 Å². The number of alkyl halides is 3. The molecule has 26 heavy (non-hydrogen) atoms. The molecule has 2 aliphatic heterocycles. The van der Waals surface area contributed by atoms with E-state index < -0.39 is 30.8 Å². The number of carbonyl (C=O) groups excluding carboxylic acids is 1. The van der Waals surface area contributed by atoms with Crippen LogP contribution in [0.2, 0.25) is 0 Å². The van der Waals surface area contributed by atoms with Gasteiger partial charge in [-0.2, -0.15) is 13.2 Å². The highest BCUT2D eigenvalue weighted by Crippen LogP contribution is 2.31. The summed E-state index contributed by atoms with van der Waals surface area (Å²) in [6, 6.07) is 2.16. The summed E-state index contributed by atoms with van der Waals surface area (Å²) in [4.78, 5) is 13.7. The Morgan fingerprint density at radius 1 is 1.31 bits per heavy atom. The molecule has 1 aromatic carbocycles. The number of piperazine rings is 1. The van der Waals surface area contributed by atoms with Crippen molar-refractivity contribution in [2.24, 2.45) is 0 Å². The molecule has 2 N–H and O–H groups in total. The largest absolute Gasteiger partial charge is 0.480 e. The van der Waals surface area contributed by atoms with Crippen LogP contribution in [0, 0.1) is 13.8 Å². The number of hydrogen-bond acceptors (Lipinski definition) is 4. The van der Waals surface area contributed by atoms with E-state index in [1.807, 2.05) is 26.0 Å². The second kappa shape index (κ2) is 7.44. The number of ether oxygens (including phenoxy) is 1. The van der Waals surface area contributed by atoms with Crippen LogP contribution in [-0.2, 0) is 11.2 Å². The van der Waals surface area contributed by atoms with Crippen molar-refractivity contribution in [2.75, 3.05) is 32.7 Å². The number of halogens is 3. The average molecular weight is 371 g/mol. The molecule has 0 aliphatic carbocycles. The van der Waals surface area contributed by atoms with Gasteiger partial charge in [-0.1, -0.05) is 6.07 Å². The van der Waals surface area contributed by atoms with E-state index in [0.29, 0.717) is 38.3 Å². The zero-order valence-electron chi connectivity index (χ0n) is 14.9.